The number of hydrogen-bond acceptors (Lipinski definition) is 9. The summed E-state index contributed by atoms with van der Waals surface area (Å²) < 4.78 is 34.4. The van der Waals surface area contributed by atoms with Crippen molar-refractivity contribution in [2.24, 2.45) is 11.8 Å². The number of oxazole rings is 2. The number of rotatable bonds is 14. The van der Waals surface area contributed by atoms with E-state index in [2.05, 4.69) is 16.5 Å². The van der Waals surface area contributed by atoms with Gasteiger partial charge in [-0.25, -0.2) is 9.97 Å². The molecule has 2 aliphatic rings. The van der Waals surface area contributed by atoms with E-state index in [1.165, 1.54) is 12.8 Å². The Balaban J connectivity index is 0.000000194. The van der Waals surface area contributed by atoms with Crippen LogP contribution in [0.5, 0.6) is 11.5 Å². The molecule has 9 heteroatoms. The van der Waals surface area contributed by atoms with E-state index < -0.39 is 0 Å². The summed E-state index contributed by atoms with van der Waals surface area (Å²) in [5.41, 5.74) is 3.51. The maximum Gasteiger partial charge on any atom is 0.226 e. The lowest BCUT2D eigenvalue weighted by molar-refractivity contribution is -0.109. The predicted octanol–water partition coefficient (Wildman–Crippen LogP) is 9.63. The van der Waals surface area contributed by atoms with Crippen LogP contribution in [0.3, 0.4) is 0 Å². The summed E-state index contributed by atoms with van der Waals surface area (Å²) in [5, 5.41) is 0. The predicted molar refractivity (Wildman–Crippen MR) is 193 cm³/mol. The van der Waals surface area contributed by atoms with Crippen molar-refractivity contribution in [3.05, 3.63) is 84.1 Å². The molecule has 2 aromatic carbocycles. The molecule has 2 aromatic heterocycles. The summed E-state index contributed by atoms with van der Waals surface area (Å²) in [7, 11) is 3.30. The van der Waals surface area contributed by atoms with E-state index in [0.29, 0.717) is 49.4 Å². The zero-order valence-electron chi connectivity index (χ0n) is 30.0. The molecule has 2 saturated carbocycles. The topological polar surface area (TPSA) is 106 Å². The molecule has 50 heavy (non-hydrogen) atoms. The quantitative estimate of drug-likeness (QED) is 0.0948. The minimum atomic E-state index is 0.204. The average Bonchev–Trinajstić information content (AvgIpc) is 3.72. The van der Waals surface area contributed by atoms with E-state index in [0.717, 1.165) is 96.8 Å². The van der Waals surface area contributed by atoms with Crippen LogP contribution in [0.2, 0.25) is 0 Å². The number of aryl methyl sites for hydroxylation is 2. The summed E-state index contributed by atoms with van der Waals surface area (Å²) in [5.74, 6) is 5.52. The number of methoxy groups -OCH3 is 2. The van der Waals surface area contributed by atoms with Gasteiger partial charge in [0.05, 0.1) is 39.6 Å². The third-order valence-electron chi connectivity index (χ3n) is 9.73. The molecular weight excluding hydrogens is 632 g/mol. The molecule has 0 amide bonds. The maximum atomic E-state index is 10.7. The third-order valence-corrected chi connectivity index (χ3v) is 9.73. The monoisotopic (exact) mass is 684 g/mol. The minimum absolute atomic E-state index is 0.204. The van der Waals surface area contributed by atoms with Gasteiger partial charge in [0, 0.05) is 17.5 Å². The van der Waals surface area contributed by atoms with E-state index >= 15 is 0 Å². The molecule has 2 aliphatic carbocycles. The second-order valence-electron chi connectivity index (χ2n) is 13.4. The standard InChI is InChI=1S/C21H27NO3.C20H25NO4/c1-4-7-16-8-5-11-19(12-16)24-14-20-15(2)25-21(22-20)17-9-6-10-18(13-17)23-3;1-14-19(13-24-18-8-3-5-15(11-18)9-10-22)21-20(25-14)16-6-4-7-17(12-16)23-2/h4,6,9-10,13,16,19H,1,5,7-8,11-12,14H2,2-3H3;4,6-7,10,12,15,18H,3,5,8-9,11,13H2,1-2H3. The molecule has 0 saturated heterocycles. The number of ether oxygens (including phenoxy) is 4. The minimum Gasteiger partial charge on any atom is -0.497 e. The van der Waals surface area contributed by atoms with Gasteiger partial charge < -0.3 is 32.6 Å². The molecule has 268 valence electrons. The van der Waals surface area contributed by atoms with Gasteiger partial charge in [-0.15, -0.1) is 6.58 Å². The molecule has 4 atom stereocenters. The van der Waals surface area contributed by atoms with E-state index in [-0.39, 0.29) is 6.10 Å². The van der Waals surface area contributed by atoms with Crippen LogP contribution >= 0.6 is 0 Å². The number of allylic oxidation sites excluding steroid dienone is 1. The molecule has 4 unspecified atom stereocenters. The van der Waals surface area contributed by atoms with Crippen LogP contribution in [-0.2, 0) is 27.5 Å². The first-order valence-corrected chi connectivity index (χ1v) is 17.9. The highest BCUT2D eigenvalue weighted by Gasteiger charge is 2.24. The Hall–Kier alpha value is -4.21. The van der Waals surface area contributed by atoms with Crippen molar-refractivity contribution in [1.29, 1.82) is 0 Å². The normalized spacial score (nSPS) is 20.4. The highest BCUT2D eigenvalue weighted by molar-refractivity contribution is 5.57. The smallest absolute Gasteiger partial charge is 0.226 e. The Labute approximate surface area is 296 Å². The fraction of sp³-hybridized carbons (Fsp3) is 0.488. The van der Waals surface area contributed by atoms with Gasteiger partial charge in [-0.2, -0.15) is 0 Å². The van der Waals surface area contributed by atoms with Crippen molar-refractivity contribution < 1.29 is 32.6 Å². The van der Waals surface area contributed by atoms with Gasteiger partial charge in [0.1, 0.15) is 40.7 Å². The average molecular weight is 685 g/mol. The molecule has 0 radical (unpaired) electrons. The Morgan fingerprint density at radius 1 is 0.740 bits per heavy atom. The first-order valence-electron chi connectivity index (χ1n) is 17.9. The highest BCUT2D eigenvalue weighted by Crippen LogP contribution is 2.32. The van der Waals surface area contributed by atoms with E-state index in [4.69, 9.17) is 27.8 Å². The van der Waals surface area contributed by atoms with Crippen molar-refractivity contribution in [2.45, 2.75) is 103 Å². The zero-order valence-corrected chi connectivity index (χ0v) is 30.0. The number of nitrogens with zero attached hydrogens (tertiary/aromatic N) is 2. The number of aldehydes is 1. The Morgan fingerprint density at radius 2 is 1.22 bits per heavy atom. The summed E-state index contributed by atoms with van der Waals surface area (Å²) in [6.45, 7) is 8.65. The molecule has 6 rings (SSSR count). The summed E-state index contributed by atoms with van der Waals surface area (Å²) in [6, 6.07) is 15.4. The van der Waals surface area contributed by atoms with Crippen LogP contribution in [-0.4, -0.2) is 42.7 Å². The largest absolute Gasteiger partial charge is 0.497 e. The lowest BCUT2D eigenvalue weighted by Crippen LogP contribution is -2.23. The Bertz CT molecular complexity index is 1540. The molecule has 2 heterocycles. The molecule has 2 fully saturated rings. The van der Waals surface area contributed by atoms with Crippen molar-refractivity contribution >= 4 is 6.29 Å². The number of carbonyl (C=O) groups is 1. The number of hydrogen-bond donors (Lipinski definition) is 0. The fourth-order valence-corrected chi connectivity index (χ4v) is 6.86. The second kappa shape index (κ2) is 18.7. The van der Waals surface area contributed by atoms with E-state index in [1.807, 2.05) is 68.5 Å². The molecule has 0 N–H and O–H groups in total. The first-order chi connectivity index (χ1) is 24.4. The van der Waals surface area contributed by atoms with E-state index in [9.17, 15) is 4.79 Å². The molecular formula is C41H52N2O7. The van der Waals surface area contributed by atoms with Crippen LogP contribution in [0, 0.1) is 25.7 Å². The van der Waals surface area contributed by atoms with Crippen LogP contribution in [0.15, 0.2) is 70.0 Å². The number of aromatic nitrogens is 2. The van der Waals surface area contributed by atoms with Crippen molar-refractivity contribution in [3.8, 4) is 34.4 Å². The van der Waals surface area contributed by atoms with Gasteiger partial charge in [-0.05, 0) is 107 Å². The van der Waals surface area contributed by atoms with Crippen molar-refractivity contribution in [1.82, 2.24) is 9.97 Å². The van der Waals surface area contributed by atoms with Crippen LogP contribution < -0.4 is 9.47 Å². The first kappa shape index (κ1) is 37.1. The SMILES string of the molecule is C=CCC1CCCC(OCc2nc(-c3cccc(OC)c3)oc2C)C1.COc1cccc(-c2nc(COC3CCCC(CC=O)C3)c(C)o2)c1. The van der Waals surface area contributed by atoms with Gasteiger partial charge in [-0.1, -0.05) is 31.1 Å². The van der Waals surface area contributed by atoms with Crippen LogP contribution in [0.4, 0.5) is 0 Å². The fourth-order valence-electron chi connectivity index (χ4n) is 6.86. The lowest BCUT2D eigenvalue weighted by Gasteiger charge is -2.28. The summed E-state index contributed by atoms with van der Waals surface area (Å²) in [4.78, 5) is 19.9. The van der Waals surface area contributed by atoms with Crippen LogP contribution in [0.25, 0.3) is 22.9 Å². The van der Waals surface area contributed by atoms with Gasteiger partial charge in [-0.3, -0.25) is 0 Å². The molecule has 4 aromatic rings. The highest BCUT2D eigenvalue weighted by atomic mass is 16.5. The van der Waals surface area contributed by atoms with Gasteiger partial charge in [0.2, 0.25) is 11.8 Å². The number of benzene rings is 2. The zero-order chi connectivity index (χ0) is 35.3. The summed E-state index contributed by atoms with van der Waals surface area (Å²) in [6.07, 6.45) is 14.3. The lowest BCUT2D eigenvalue weighted by atomic mass is 9.85. The number of carbonyl (C=O) groups excluding carboxylic acids is 1. The maximum absolute atomic E-state index is 10.7. The third kappa shape index (κ3) is 10.4. The second-order valence-corrected chi connectivity index (χ2v) is 13.4. The molecule has 0 bridgehead atoms. The Morgan fingerprint density at radius 3 is 1.66 bits per heavy atom. The molecule has 9 nitrogen and oxygen atoms in total. The van der Waals surface area contributed by atoms with Crippen molar-refractivity contribution in [2.75, 3.05) is 14.2 Å². The molecule has 0 spiro atoms. The van der Waals surface area contributed by atoms with Crippen LogP contribution in [0.1, 0.15) is 87.1 Å². The van der Waals surface area contributed by atoms with Gasteiger partial charge >= 0.3 is 0 Å². The molecule has 0 aliphatic heterocycles. The van der Waals surface area contributed by atoms with Crippen molar-refractivity contribution in [3.63, 3.8) is 0 Å². The van der Waals surface area contributed by atoms with E-state index in [1.54, 1.807) is 14.2 Å². The summed E-state index contributed by atoms with van der Waals surface area (Å²) >= 11 is 0. The van der Waals surface area contributed by atoms with Gasteiger partial charge in [0.25, 0.3) is 0 Å². The van der Waals surface area contributed by atoms with Gasteiger partial charge in [0.15, 0.2) is 0 Å². The Kier molecular flexibility index (Phi) is 13.9.